The Morgan fingerprint density at radius 3 is 2.56 bits per heavy atom. The fourth-order valence-electron chi connectivity index (χ4n) is 3.90. The molecule has 1 saturated heterocycles. The Balaban J connectivity index is 1.97. The van der Waals surface area contributed by atoms with Crippen LogP contribution in [0.15, 0.2) is 35.6 Å². The third-order valence-electron chi connectivity index (χ3n) is 5.33. The zero-order chi connectivity index (χ0) is 19.6. The summed E-state index contributed by atoms with van der Waals surface area (Å²) in [6.45, 7) is 7.09. The Bertz CT molecular complexity index is 729. The van der Waals surface area contributed by atoms with Crippen LogP contribution in [0.1, 0.15) is 57.2 Å². The number of carbonyl (C=O) groups excluding carboxylic acids is 2. The molecule has 1 aromatic carbocycles. The minimum Gasteiger partial charge on any atom is -0.503 e. The summed E-state index contributed by atoms with van der Waals surface area (Å²) >= 11 is 0. The van der Waals surface area contributed by atoms with E-state index in [4.69, 9.17) is 4.74 Å². The van der Waals surface area contributed by atoms with Crippen LogP contribution in [-0.4, -0.2) is 41.0 Å². The minimum absolute atomic E-state index is 0.0429. The number of benzene rings is 1. The fraction of sp³-hybridized carbons (Fsp3) is 0.545. The number of hydrogen-bond acceptors (Lipinski definition) is 4. The first-order valence-corrected chi connectivity index (χ1v) is 9.90. The van der Waals surface area contributed by atoms with Crippen LogP contribution in [0.2, 0.25) is 0 Å². The highest BCUT2D eigenvalue weighted by atomic mass is 16.5. The summed E-state index contributed by atoms with van der Waals surface area (Å²) in [5.74, 6) is -0.871. The quantitative estimate of drug-likeness (QED) is 0.793. The number of carbonyl (C=O) groups is 2. The smallest absolute Gasteiger partial charge is 0.290 e. The maximum atomic E-state index is 12.9. The van der Waals surface area contributed by atoms with Crippen molar-refractivity contribution >= 4 is 11.7 Å². The Kier molecular flexibility index (Phi) is 6.00. The molecule has 0 spiro atoms. The van der Waals surface area contributed by atoms with Crippen LogP contribution in [-0.2, 0) is 20.7 Å². The fourth-order valence-corrected chi connectivity index (χ4v) is 3.90. The molecule has 1 amide bonds. The summed E-state index contributed by atoms with van der Waals surface area (Å²) in [4.78, 5) is 27.3. The van der Waals surface area contributed by atoms with E-state index in [9.17, 15) is 14.7 Å². The van der Waals surface area contributed by atoms with Crippen molar-refractivity contribution in [1.82, 2.24) is 4.90 Å². The summed E-state index contributed by atoms with van der Waals surface area (Å²) in [6, 6.07) is 7.41. The van der Waals surface area contributed by atoms with Crippen LogP contribution in [0, 0.1) is 5.92 Å². The molecule has 0 aliphatic carbocycles. The molecule has 146 valence electrons. The maximum Gasteiger partial charge on any atom is 0.290 e. The highest BCUT2D eigenvalue weighted by Crippen LogP contribution is 2.39. The lowest BCUT2D eigenvalue weighted by molar-refractivity contribution is -0.131. The van der Waals surface area contributed by atoms with Crippen molar-refractivity contribution in [3.63, 3.8) is 0 Å². The molecule has 2 aliphatic heterocycles. The van der Waals surface area contributed by atoms with Crippen molar-refractivity contribution in [3.8, 4) is 0 Å². The number of ketones is 1. The molecule has 0 radical (unpaired) electrons. The lowest BCUT2D eigenvalue weighted by Gasteiger charge is -2.29. The predicted octanol–water partition coefficient (Wildman–Crippen LogP) is 3.74. The molecule has 3 rings (SSSR count). The lowest BCUT2D eigenvalue weighted by atomic mass is 9.91. The molecular formula is C22H29NO4. The van der Waals surface area contributed by atoms with Gasteiger partial charge in [0.05, 0.1) is 17.7 Å². The topological polar surface area (TPSA) is 66.8 Å². The molecule has 2 aliphatic rings. The monoisotopic (exact) mass is 371 g/mol. The van der Waals surface area contributed by atoms with Gasteiger partial charge in [-0.25, -0.2) is 0 Å². The molecular weight excluding hydrogens is 342 g/mol. The minimum atomic E-state index is -0.543. The molecule has 1 aromatic rings. The Morgan fingerprint density at radius 2 is 2.00 bits per heavy atom. The van der Waals surface area contributed by atoms with E-state index in [0.717, 1.165) is 24.8 Å². The number of aryl methyl sites for hydroxylation is 1. The average molecular weight is 371 g/mol. The number of Topliss-reactive ketones (excluding diaryl/α,β-unsaturated/α-hetero) is 1. The van der Waals surface area contributed by atoms with Gasteiger partial charge >= 0.3 is 0 Å². The van der Waals surface area contributed by atoms with Gasteiger partial charge in [-0.15, -0.1) is 0 Å². The second-order valence-electron chi connectivity index (χ2n) is 7.87. The number of nitrogens with zero attached hydrogens (tertiary/aromatic N) is 1. The van der Waals surface area contributed by atoms with Gasteiger partial charge in [0, 0.05) is 19.6 Å². The number of hydrogen-bond donors (Lipinski definition) is 1. The summed E-state index contributed by atoms with van der Waals surface area (Å²) in [6.07, 6.45) is 3.05. The Morgan fingerprint density at radius 1 is 1.30 bits per heavy atom. The number of aliphatic hydroxyl groups is 1. The number of amides is 1. The van der Waals surface area contributed by atoms with Crippen LogP contribution in [0.4, 0.5) is 0 Å². The van der Waals surface area contributed by atoms with Crippen molar-refractivity contribution < 1.29 is 19.4 Å². The van der Waals surface area contributed by atoms with Crippen LogP contribution < -0.4 is 0 Å². The molecule has 2 heterocycles. The van der Waals surface area contributed by atoms with Gasteiger partial charge in [0.15, 0.2) is 11.5 Å². The molecule has 0 bridgehead atoms. The SMILES string of the molecule is CCc1ccc(C2C(C(=O)CC(C)C)=C(O)C(=O)N2CC2CCCO2)cc1. The summed E-state index contributed by atoms with van der Waals surface area (Å²) in [5, 5.41) is 10.5. The predicted molar refractivity (Wildman–Crippen MR) is 103 cm³/mol. The van der Waals surface area contributed by atoms with Gasteiger partial charge in [0.2, 0.25) is 0 Å². The molecule has 5 nitrogen and oxygen atoms in total. The average Bonchev–Trinajstić information content (AvgIpc) is 3.23. The van der Waals surface area contributed by atoms with Gasteiger partial charge in [0.25, 0.3) is 5.91 Å². The normalized spacial score (nSPS) is 23.0. The molecule has 1 fully saturated rings. The molecule has 2 unspecified atom stereocenters. The molecule has 0 saturated carbocycles. The molecule has 2 atom stereocenters. The van der Waals surface area contributed by atoms with Gasteiger partial charge < -0.3 is 14.7 Å². The van der Waals surface area contributed by atoms with Crippen molar-refractivity contribution in [2.45, 2.75) is 58.6 Å². The third-order valence-corrected chi connectivity index (χ3v) is 5.33. The lowest BCUT2D eigenvalue weighted by Crippen LogP contribution is -2.37. The van der Waals surface area contributed by atoms with Crippen molar-refractivity contribution in [1.29, 1.82) is 0 Å². The van der Waals surface area contributed by atoms with Gasteiger partial charge in [-0.2, -0.15) is 0 Å². The molecule has 1 N–H and O–H groups in total. The van der Waals surface area contributed by atoms with E-state index in [1.54, 1.807) is 4.90 Å². The third kappa shape index (κ3) is 4.08. The van der Waals surface area contributed by atoms with E-state index >= 15 is 0 Å². The Labute approximate surface area is 161 Å². The molecule has 27 heavy (non-hydrogen) atoms. The standard InChI is InChI=1S/C22H29NO4/c1-4-15-7-9-16(10-8-15)20-19(18(24)12-14(2)3)21(25)22(26)23(20)13-17-6-5-11-27-17/h7-10,14,17,20,25H,4-6,11-13H2,1-3H3. The zero-order valence-electron chi connectivity index (χ0n) is 16.4. The van der Waals surface area contributed by atoms with Crippen molar-refractivity contribution in [2.24, 2.45) is 5.92 Å². The maximum absolute atomic E-state index is 12.9. The van der Waals surface area contributed by atoms with E-state index in [1.165, 1.54) is 5.56 Å². The van der Waals surface area contributed by atoms with E-state index in [2.05, 4.69) is 6.92 Å². The van der Waals surface area contributed by atoms with Gasteiger partial charge in [-0.05, 0) is 36.3 Å². The zero-order valence-corrected chi connectivity index (χ0v) is 16.4. The van der Waals surface area contributed by atoms with Gasteiger partial charge in [0.1, 0.15) is 0 Å². The molecule has 5 heteroatoms. The van der Waals surface area contributed by atoms with E-state index < -0.39 is 17.7 Å². The van der Waals surface area contributed by atoms with E-state index in [-0.39, 0.29) is 23.4 Å². The van der Waals surface area contributed by atoms with Crippen LogP contribution in [0.5, 0.6) is 0 Å². The van der Waals surface area contributed by atoms with Crippen LogP contribution >= 0.6 is 0 Å². The highest BCUT2D eigenvalue weighted by molar-refractivity contribution is 6.09. The number of rotatable bonds is 7. The summed E-state index contributed by atoms with van der Waals surface area (Å²) < 4.78 is 5.70. The number of ether oxygens (including phenoxy) is 1. The van der Waals surface area contributed by atoms with Crippen LogP contribution in [0.25, 0.3) is 0 Å². The van der Waals surface area contributed by atoms with Crippen molar-refractivity contribution in [2.75, 3.05) is 13.2 Å². The van der Waals surface area contributed by atoms with Gasteiger partial charge in [-0.3, -0.25) is 9.59 Å². The Hall–Kier alpha value is -2.14. The first-order chi connectivity index (χ1) is 12.9. The summed E-state index contributed by atoms with van der Waals surface area (Å²) in [5.41, 5.74) is 2.28. The first-order valence-electron chi connectivity index (χ1n) is 9.90. The first kappa shape index (κ1) is 19.6. The largest absolute Gasteiger partial charge is 0.503 e. The van der Waals surface area contributed by atoms with Crippen LogP contribution in [0.3, 0.4) is 0 Å². The van der Waals surface area contributed by atoms with E-state index in [0.29, 0.717) is 19.6 Å². The van der Waals surface area contributed by atoms with E-state index in [1.807, 2.05) is 38.1 Å². The number of aliphatic hydroxyl groups excluding tert-OH is 1. The summed E-state index contributed by atoms with van der Waals surface area (Å²) in [7, 11) is 0. The highest BCUT2D eigenvalue weighted by Gasteiger charge is 2.44. The van der Waals surface area contributed by atoms with Crippen molar-refractivity contribution in [3.05, 3.63) is 46.7 Å². The second kappa shape index (κ2) is 8.26. The molecule has 0 aromatic heterocycles. The van der Waals surface area contributed by atoms with Gasteiger partial charge in [-0.1, -0.05) is 45.0 Å². The second-order valence-corrected chi connectivity index (χ2v) is 7.87.